The molecule has 1 N–H and O–H groups in total. The first-order valence-electron chi connectivity index (χ1n) is 8.90. The molecule has 142 valence electrons. The van der Waals surface area contributed by atoms with Crippen LogP contribution in [0, 0.1) is 5.41 Å². The summed E-state index contributed by atoms with van der Waals surface area (Å²) in [6, 6.07) is 12.2. The van der Waals surface area contributed by atoms with Crippen LogP contribution in [-0.2, 0) is 4.79 Å². The number of anilines is 2. The molecular formula is C21H24N2O4. The average Bonchev–Trinajstić information content (AvgIpc) is 2.76. The summed E-state index contributed by atoms with van der Waals surface area (Å²) in [4.78, 5) is 27.0. The molecule has 0 radical (unpaired) electrons. The van der Waals surface area contributed by atoms with E-state index in [1.54, 1.807) is 54.5 Å². The Kier molecular flexibility index (Phi) is 5.08. The smallest absolute Gasteiger partial charge is 0.255 e. The highest BCUT2D eigenvalue weighted by Crippen LogP contribution is 2.38. The van der Waals surface area contributed by atoms with E-state index in [-0.39, 0.29) is 11.8 Å². The highest BCUT2D eigenvalue weighted by atomic mass is 16.5. The molecule has 0 unspecified atom stereocenters. The van der Waals surface area contributed by atoms with E-state index < -0.39 is 5.41 Å². The van der Waals surface area contributed by atoms with Gasteiger partial charge in [-0.2, -0.15) is 0 Å². The molecule has 27 heavy (non-hydrogen) atoms. The summed E-state index contributed by atoms with van der Waals surface area (Å²) in [5, 5.41) is 2.87. The minimum Gasteiger partial charge on any atom is -0.497 e. The van der Waals surface area contributed by atoms with Gasteiger partial charge in [0.2, 0.25) is 5.91 Å². The van der Waals surface area contributed by atoms with Crippen molar-refractivity contribution in [3.63, 3.8) is 0 Å². The monoisotopic (exact) mass is 368 g/mol. The maximum Gasteiger partial charge on any atom is 0.255 e. The van der Waals surface area contributed by atoms with Gasteiger partial charge in [-0.1, -0.05) is 0 Å². The summed E-state index contributed by atoms with van der Waals surface area (Å²) in [5.74, 6) is 1.09. The topological polar surface area (TPSA) is 67.9 Å². The van der Waals surface area contributed by atoms with E-state index in [0.29, 0.717) is 41.6 Å². The van der Waals surface area contributed by atoms with Gasteiger partial charge in [0.25, 0.3) is 5.91 Å². The van der Waals surface area contributed by atoms with Crippen LogP contribution < -0.4 is 19.7 Å². The number of hydrogen-bond donors (Lipinski definition) is 1. The molecule has 3 rings (SSSR count). The number of carbonyl (C=O) groups is 2. The van der Waals surface area contributed by atoms with Crippen molar-refractivity contribution in [1.29, 1.82) is 0 Å². The van der Waals surface area contributed by atoms with Gasteiger partial charge in [0.15, 0.2) is 0 Å². The molecule has 0 saturated carbocycles. The number of ether oxygens (including phenoxy) is 2. The van der Waals surface area contributed by atoms with Gasteiger partial charge in [0.05, 0.1) is 18.2 Å². The fraction of sp³-hybridized carbons (Fsp3) is 0.333. The molecule has 2 amide bonds. The van der Waals surface area contributed by atoms with Crippen molar-refractivity contribution < 1.29 is 19.1 Å². The molecule has 0 bridgehead atoms. The Balaban J connectivity index is 1.87. The fourth-order valence-electron chi connectivity index (χ4n) is 2.98. The minimum atomic E-state index is -0.610. The van der Waals surface area contributed by atoms with Crippen LogP contribution in [-0.4, -0.2) is 32.1 Å². The molecule has 0 spiro atoms. The Labute approximate surface area is 159 Å². The third kappa shape index (κ3) is 3.74. The summed E-state index contributed by atoms with van der Waals surface area (Å²) in [6.07, 6.45) is 0. The number of fused-ring (bicyclic) bond motifs is 1. The quantitative estimate of drug-likeness (QED) is 0.893. The highest BCUT2D eigenvalue weighted by molar-refractivity contribution is 6.05. The molecule has 0 aliphatic carbocycles. The molecular weight excluding hydrogens is 344 g/mol. The van der Waals surface area contributed by atoms with Gasteiger partial charge < -0.3 is 19.7 Å². The van der Waals surface area contributed by atoms with Crippen molar-refractivity contribution in [3.8, 4) is 11.5 Å². The van der Waals surface area contributed by atoms with Gasteiger partial charge in [-0.05, 0) is 63.2 Å². The molecule has 1 aliphatic heterocycles. The Hall–Kier alpha value is -3.02. The minimum absolute atomic E-state index is 0.00220. The van der Waals surface area contributed by atoms with E-state index >= 15 is 0 Å². The van der Waals surface area contributed by atoms with Crippen molar-refractivity contribution in [2.24, 2.45) is 5.41 Å². The van der Waals surface area contributed by atoms with Gasteiger partial charge >= 0.3 is 0 Å². The van der Waals surface area contributed by atoms with Gasteiger partial charge in [0, 0.05) is 17.8 Å². The standard InChI is InChI=1S/C21H24N2O4/c1-5-23-17-12-15(8-11-18(17)27-13-21(2,3)20(23)25)22-19(24)14-6-9-16(26-4)10-7-14/h6-12H,5,13H2,1-4H3,(H,22,24). The van der Waals surface area contributed by atoms with E-state index in [4.69, 9.17) is 9.47 Å². The van der Waals surface area contributed by atoms with Crippen LogP contribution in [0.1, 0.15) is 31.1 Å². The number of benzene rings is 2. The van der Waals surface area contributed by atoms with Crippen LogP contribution >= 0.6 is 0 Å². The highest BCUT2D eigenvalue weighted by Gasteiger charge is 2.37. The number of nitrogens with one attached hydrogen (secondary N) is 1. The van der Waals surface area contributed by atoms with Gasteiger partial charge in [-0.15, -0.1) is 0 Å². The lowest BCUT2D eigenvalue weighted by atomic mass is 9.93. The average molecular weight is 368 g/mol. The van der Waals surface area contributed by atoms with E-state index in [2.05, 4.69) is 5.32 Å². The van der Waals surface area contributed by atoms with Crippen molar-refractivity contribution in [1.82, 2.24) is 0 Å². The number of nitrogens with zero attached hydrogens (tertiary/aromatic N) is 1. The molecule has 1 heterocycles. The Morgan fingerprint density at radius 1 is 1.22 bits per heavy atom. The molecule has 2 aromatic carbocycles. The van der Waals surface area contributed by atoms with Crippen LogP contribution in [0.15, 0.2) is 42.5 Å². The molecule has 6 heteroatoms. The predicted octanol–water partition coefficient (Wildman–Crippen LogP) is 3.72. The second kappa shape index (κ2) is 7.31. The van der Waals surface area contributed by atoms with Crippen molar-refractivity contribution in [2.45, 2.75) is 20.8 Å². The Morgan fingerprint density at radius 3 is 2.56 bits per heavy atom. The fourth-order valence-corrected chi connectivity index (χ4v) is 2.98. The second-order valence-corrected chi connectivity index (χ2v) is 7.09. The van der Waals surface area contributed by atoms with Crippen LogP contribution in [0.5, 0.6) is 11.5 Å². The van der Waals surface area contributed by atoms with Crippen molar-refractivity contribution in [2.75, 3.05) is 30.5 Å². The Morgan fingerprint density at radius 2 is 1.93 bits per heavy atom. The van der Waals surface area contributed by atoms with Crippen LogP contribution in [0.3, 0.4) is 0 Å². The molecule has 2 aromatic rings. The van der Waals surface area contributed by atoms with Crippen molar-refractivity contribution >= 4 is 23.2 Å². The van der Waals surface area contributed by atoms with E-state index in [9.17, 15) is 9.59 Å². The van der Waals surface area contributed by atoms with Crippen molar-refractivity contribution in [3.05, 3.63) is 48.0 Å². The maximum atomic E-state index is 12.8. The third-order valence-electron chi connectivity index (χ3n) is 4.59. The molecule has 0 saturated heterocycles. The number of methoxy groups -OCH3 is 1. The first kappa shape index (κ1) is 18.8. The number of carbonyl (C=O) groups excluding carboxylic acids is 2. The number of amides is 2. The molecule has 6 nitrogen and oxygen atoms in total. The SMILES string of the molecule is CCN1C(=O)C(C)(C)COc2ccc(NC(=O)c3ccc(OC)cc3)cc21. The zero-order valence-electron chi connectivity index (χ0n) is 16.0. The zero-order chi connectivity index (χ0) is 19.6. The maximum absolute atomic E-state index is 12.8. The predicted molar refractivity (Wildman–Crippen MR) is 105 cm³/mol. The largest absolute Gasteiger partial charge is 0.497 e. The summed E-state index contributed by atoms with van der Waals surface area (Å²) in [5.41, 5.74) is 1.18. The van der Waals surface area contributed by atoms with Crippen LogP contribution in [0.4, 0.5) is 11.4 Å². The Bertz CT molecular complexity index is 859. The summed E-state index contributed by atoms with van der Waals surface area (Å²) < 4.78 is 11.0. The third-order valence-corrected chi connectivity index (χ3v) is 4.59. The summed E-state index contributed by atoms with van der Waals surface area (Å²) in [7, 11) is 1.58. The second-order valence-electron chi connectivity index (χ2n) is 7.09. The van der Waals surface area contributed by atoms with E-state index in [1.165, 1.54) is 0 Å². The first-order chi connectivity index (χ1) is 12.9. The van der Waals surface area contributed by atoms with Gasteiger partial charge in [0.1, 0.15) is 18.1 Å². The normalized spacial score (nSPS) is 15.4. The molecule has 0 atom stereocenters. The number of rotatable bonds is 4. The van der Waals surface area contributed by atoms with Gasteiger partial charge in [-0.25, -0.2) is 0 Å². The molecule has 0 fully saturated rings. The first-order valence-corrected chi connectivity index (χ1v) is 8.90. The molecule has 0 aromatic heterocycles. The molecule has 1 aliphatic rings. The van der Waals surface area contributed by atoms with Crippen LogP contribution in [0.2, 0.25) is 0 Å². The lowest BCUT2D eigenvalue weighted by Crippen LogP contribution is -2.42. The van der Waals surface area contributed by atoms with Gasteiger partial charge in [-0.3, -0.25) is 9.59 Å². The number of hydrogen-bond acceptors (Lipinski definition) is 4. The van der Waals surface area contributed by atoms with E-state index in [1.807, 2.05) is 20.8 Å². The zero-order valence-corrected chi connectivity index (χ0v) is 16.0. The lowest BCUT2D eigenvalue weighted by Gasteiger charge is -2.27. The van der Waals surface area contributed by atoms with E-state index in [0.717, 1.165) is 0 Å². The van der Waals surface area contributed by atoms with Crippen LogP contribution in [0.25, 0.3) is 0 Å². The lowest BCUT2D eigenvalue weighted by molar-refractivity contribution is -0.127. The summed E-state index contributed by atoms with van der Waals surface area (Å²) >= 11 is 0. The summed E-state index contributed by atoms with van der Waals surface area (Å²) in [6.45, 7) is 6.50.